The van der Waals surface area contributed by atoms with Crippen LogP contribution in [0.15, 0.2) is 6.33 Å². The number of anilines is 1. The molecule has 8 heteroatoms. The van der Waals surface area contributed by atoms with Gasteiger partial charge in [0.05, 0.1) is 12.0 Å². The van der Waals surface area contributed by atoms with Crippen LogP contribution in [0.25, 0.3) is 0 Å². The Morgan fingerprint density at radius 3 is 2.82 bits per heavy atom. The summed E-state index contributed by atoms with van der Waals surface area (Å²) in [4.78, 5) is 17.8. The Balaban J connectivity index is 2.79. The highest BCUT2D eigenvalue weighted by Crippen LogP contribution is 2.30. The third kappa shape index (κ3) is 3.52. The summed E-state index contributed by atoms with van der Waals surface area (Å²) in [5.74, 6) is 0.0946. The molecule has 1 rings (SSSR count). The van der Waals surface area contributed by atoms with Crippen molar-refractivity contribution in [2.24, 2.45) is 0 Å². The average molecular weight is 242 g/mol. The van der Waals surface area contributed by atoms with Crippen molar-refractivity contribution in [2.45, 2.75) is 6.42 Å². The third-order valence-corrected chi connectivity index (χ3v) is 1.98. The van der Waals surface area contributed by atoms with Crippen LogP contribution in [0.3, 0.4) is 0 Å². The second-order valence-corrected chi connectivity index (χ2v) is 3.11. The molecule has 0 spiro atoms. The van der Waals surface area contributed by atoms with E-state index < -0.39 is 4.92 Å². The summed E-state index contributed by atoms with van der Waals surface area (Å²) in [5, 5.41) is 13.7. The highest BCUT2D eigenvalue weighted by molar-refractivity contribution is 5.60. The normalized spacial score (nSPS) is 10.0. The number of nitro groups is 1. The van der Waals surface area contributed by atoms with Crippen LogP contribution in [0.5, 0.6) is 5.88 Å². The molecular weight excluding hydrogens is 228 g/mol. The first-order chi connectivity index (χ1) is 8.20. The molecular formula is C9H14N4O4. The van der Waals surface area contributed by atoms with E-state index in [2.05, 4.69) is 15.3 Å². The van der Waals surface area contributed by atoms with Gasteiger partial charge in [0.15, 0.2) is 0 Å². The minimum absolute atomic E-state index is 0.0563. The zero-order chi connectivity index (χ0) is 12.7. The first kappa shape index (κ1) is 13.1. The standard InChI is InChI=1S/C9H14N4O4/c1-16-5-3-4-10-8-7(13(14)15)9(17-2)12-6-11-8/h6H,3-5H2,1-2H3,(H,10,11,12). The number of methoxy groups -OCH3 is 2. The molecule has 0 fully saturated rings. The maximum absolute atomic E-state index is 10.9. The SMILES string of the molecule is COCCCNc1ncnc(OC)c1[N+](=O)[O-]. The van der Waals surface area contributed by atoms with E-state index in [9.17, 15) is 10.1 Å². The van der Waals surface area contributed by atoms with Crippen molar-refractivity contribution in [3.8, 4) is 5.88 Å². The molecule has 17 heavy (non-hydrogen) atoms. The Kier molecular flexibility index (Phi) is 5.08. The molecule has 1 N–H and O–H groups in total. The van der Waals surface area contributed by atoms with Gasteiger partial charge in [0.1, 0.15) is 6.33 Å². The van der Waals surface area contributed by atoms with Gasteiger partial charge >= 0.3 is 5.69 Å². The molecule has 0 aliphatic carbocycles. The number of rotatable bonds is 7. The minimum Gasteiger partial charge on any atom is -0.476 e. The number of nitrogens with one attached hydrogen (secondary N) is 1. The minimum atomic E-state index is -0.572. The topological polar surface area (TPSA) is 99.4 Å². The Bertz CT molecular complexity index is 385. The van der Waals surface area contributed by atoms with Gasteiger partial charge < -0.3 is 14.8 Å². The third-order valence-electron chi connectivity index (χ3n) is 1.98. The van der Waals surface area contributed by atoms with Crippen molar-refractivity contribution in [2.75, 3.05) is 32.7 Å². The van der Waals surface area contributed by atoms with Gasteiger partial charge in [0, 0.05) is 20.3 Å². The summed E-state index contributed by atoms with van der Waals surface area (Å²) in [6.07, 6.45) is 1.93. The van der Waals surface area contributed by atoms with E-state index in [1.54, 1.807) is 7.11 Å². The van der Waals surface area contributed by atoms with Gasteiger partial charge in [-0.05, 0) is 6.42 Å². The van der Waals surface area contributed by atoms with E-state index in [-0.39, 0.29) is 17.4 Å². The van der Waals surface area contributed by atoms with E-state index in [4.69, 9.17) is 9.47 Å². The predicted octanol–water partition coefficient (Wildman–Crippen LogP) is 0.842. The van der Waals surface area contributed by atoms with Crippen molar-refractivity contribution in [3.05, 3.63) is 16.4 Å². The van der Waals surface area contributed by atoms with Crippen LogP contribution in [0.2, 0.25) is 0 Å². The maximum Gasteiger partial charge on any atom is 0.372 e. The van der Waals surface area contributed by atoms with Crippen LogP contribution in [-0.2, 0) is 4.74 Å². The van der Waals surface area contributed by atoms with Crippen molar-refractivity contribution < 1.29 is 14.4 Å². The Morgan fingerprint density at radius 1 is 1.47 bits per heavy atom. The van der Waals surface area contributed by atoms with Crippen LogP contribution in [0.1, 0.15) is 6.42 Å². The van der Waals surface area contributed by atoms with E-state index in [0.717, 1.165) is 6.42 Å². The van der Waals surface area contributed by atoms with E-state index in [0.29, 0.717) is 13.2 Å². The number of hydrogen-bond acceptors (Lipinski definition) is 7. The van der Waals surface area contributed by atoms with Crippen molar-refractivity contribution >= 4 is 11.5 Å². The molecule has 0 aliphatic heterocycles. The smallest absolute Gasteiger partial charge is 0.372 e. The summed E-state index contributed by atoms with van der Waals surface area (Å²) >= 11 is 0. The van der Waals surface area contributed by atoms with Crippen molar-refractivity contribution in [3.63, 3.8) is 0 Å². The average Bonchev–Trinajstić information content (AvgIpc) is 2.33. The zero-order valence-corrected chi connectivity index (χ0v) is 9.67. The van der Waals surface area contributed by atoms with Gasteiger partial charge in [0.25, 0.3) is 5.88 Å². The lowest BCUT2D eigenvalue weighted by molar-refractivity contribution is -0.385. The summed E-state index contributed by atoms with van der Waals surface area (Å²) in [5.41, 5.74) is -0.257. The fourth-order valence-electron chi connectivity index (χ4n) is 1.23. The van der Waals surface area contributed by atoms with E-state index >= 15 is 0 Å². The fourth-order valence-corrected chi connectivity index (χ4v) is 1.23. The maximum atomic E-state index is 10.9. The second-order valence-electron chi connectivity index (χ2n) is 3.11. The number of ether oxygens (including phenoxy) is 2. The van der Waals surface area contributed by atoms with Crippen LogP contribution >= 0.6 is 0 Å². The Labute approximate surface area is 98.1 Å². The monoisotopic (exact) mass is 242 g/mol. The molecule has 0 unspecified atom stereocenters. The Hall–Kier alpha value is -1.96. The first-order valence-corrected chi connectivity index (χ1v) is 4.97. The molecule has 94 valence electrons. The van der Waals surface area contributed by atoms with E-state index in [1.807, 2.05) is 0 Å². The van der Waals surface area contributed by atoms with Crippen LogP contribution in [0.4, 0.5) is 11.5 Å². The number of nitrogens with zero attached hydrogens (tertiary/aromatic N) is 3. The highest BCUT2D eigenvalue weighted by Gasteiger charge is 2.23. The fraction of sp³-hybridized carbons (Fsp3) is 0.556. The molecule has 8 nitrogen and oxygen atoms in total. The molecule has 0 saturated heterocycles. The molecule has 0 aliphatic rings. The Morgan fingerprint density at radius 2 is 2.24 bits per heavy atom. The summed E-state index contributed by atoms with van der Waals surface area (Å²) in [6, 6.07) is 0. The predicted molar refractivity (Wildman–Crippen MR) is 60.2 cm³/mol. The lowest BCUT2D eigenvalue weighted by atomic mass is 10.4. The molecule has 1 heterocycles. The van der Waals surface area contributed by atoms with Gasteiger partial charge in [-0.1, -0.05) is 0 Å². The van der Waals surface area contributed by atoms with Gasteiger partial charge in [0.2, 0.25) is 5.82 Å². The first-order valence-electron chi connectivity index (χ1n) is 4.97. The van der Waals surface area contributed by atoms with Gasteiger partial charge in [-0.3, -0.25) is 10.1 Å². The molecule has 0 atom stereocenters. The van der Waals surface area contributed by atoms with Crippen molar-refractivity contribution in [1.82, 2.24) is 9.97 Å². The summed E-state index contributed by atoms with van der Waals surface area (Å²) in [6.45, 7) is 1.10. The van der Waals surface area contributed by atoms with Crippen LogP contribution < -0.4 is 10.1 Å². The molecule has 0 saturated carbocycles. The quantitative estimate of drug-likeness (QED) is 0.429. The number of hydrogen-bond donors (Lipinski definition) is 1. The van der Waals surface area contributed by atoms with Crippen LogP contribution in [0, 0.1) is 10.1 Å². The molecule has 0 radical (unpaired) electrons. The summed E-state index contributed by atoms with van der Waals surface area (Å²) < 4.78 is 9.69. The molecule has 1 aromatic heterocycles. The van der Waals surface area contributed by atoms with Gasteiger partial charge in [-0.2, -0.15) is 4.98 Å². The largest absolute Gasteiger partial charge is 0.476 e. The second kappa shape index (κ2) is 6.59. The molecule has 0 bridgehead atoms. The zero-order valence-electron chi connectivity index (χ0n) is 9.67. The van der Waals surface area contributed by atoms with Crippen molar-refractivity contribution in [1.29, 1.82) is 0 Å². The van der Waals surface area contributed by atoms with Crippen LogP contribution in [-0.4, -0.2) is 42.3 Å². The van der Waals surface area contributed by atoms with E-state index in [1.165, 1.54) is 13.4 Å². The summed E-state index contributed by atoms with van der Waals surface area (Å²) in [7, 11) is 2.92. The highest BCUT2D eigenvalue weighted by atomic mass is 16.6. The molecule has 1 aromatic rings. The van der Waals surface area contributed by atoms with Gasteiger partial charge in [-0.15, -0.1) is 0 Å². The molecule has 0 amide bonds. The lowest BCUT2D eigenvalue weighted by Gasteiger charge is -2.07. The van der Waals surface area contributed by atoms with Gasteiger partial charge in [-0.25, -0.2) is 4.98 Å². The lowest BCUT2D eigenvalue weighted by Crippen LogP contribution is -2.09. The number of aromatic nitrogens is 2. The molecule has 0 aromatic carbocycles.